The van der Waals surface area contributed by atoms with Crippen molar-refractivity contribution in [3.8, 4) is 0 Å². The molecule has 1 atom stereocenters. The lowest BCUT2D eigenvalue weighted by atomic mass is 10.0. The fourth-order valence-electron chi connectivity index (χ4n) is 1.82. The van der Waals surface area contributed by atoms with Crippen molar-refractivity contribution in [2.45, 2.75) is 20.0 Å². The maximum atomic E-state index is 13.0. The van der Waals surface area contributed by atoms with Crippen LogP contribution in [0, 0.1) is 19.7 Å². The summed E-state index contributed by atoms with van der Waals surface area (Å²) in [5.74, 6) is -0.296. The minimum atomic E-state index is -0.810. The first kappa shape index (κ1) is 11.7. The molecule has 2 rings (SSSR count). The number of aliphatic hydroxyl groups is 1. The van der Waals surface area contributed by atoms with Crippen LogP contribution in [0.25, 0.3) is 0 Å². The Bertz CT molecular complexity index is 539. The van der Waals surface area contributed by atoms with E-state index in [1.54, 1.807) is 19.1 Å². The lowest BCUT2D eigenvalue weighted by molar-refractivity contribution is 0.214. The van der Waals surface area contributed by atoms with Crippen LogP contribution in [0.2, 0.25) is 0 Å². The van der Waals surface area contributed by atoms with E-state index in [1.807, 2.05) is 19.1 Å². The van der Waals surface area contributed by atoms with Gasteiger partial charge in [-0.3, -0.25) is 4.98 Å². The van der Waals surface area contributed by atoms with Gasteiger partial charge in [-0.05, 0) is 49.2 Å². The molecule has 0 amide bonds. The molecule has 0 aliphatic carbocycles. The third kappa shape index (κ3) is 2.50. The highest BCUT2D eigenvalue weighted by Gasteiger charge is 2.14. The molecule has 0 saturated carbocycles. The van der Waals surface area contributed by atoms with Gasteiger partial charge < -0.3 is 5.11 Å². The Hall–Kier alpha value is -1.74. The van der Waals surface area contributed by atoms with Crippen molar-refractivity contribution in [1.29, 1.82) is 0 Å². The van der Waals surface area contributed by atoms with Crippen LogP contribution in [0.15, 0.2) is 36.4 Å². The van der Waals surface area contributed by atoms with Crippen LogP contribution < -0.4 is 0 Å². The molecule has 0 saturated heterocycles. The van der Waals surface area contributed by atoms with Crippen molar-refractivity contribution >= 4 is 0 Å². The largest absolute Gasteiger partial charge is 0.382 e. The molecule has 1 heterocycles. The van der Waals surface area contributed by atoms with E-state index in [1.165, 1.54) is 12.1 Å². The number of aryl methyl sites for hydroxylation is 2. The second kappa shape index (κ2) is 4.63. The van der Waals surface area contributed by atoms with Crippen molar-refractivity contribution < 1.29 is 9.50 Å². The number of aromatic nitrogens is 1. The molecular weight excluding hydrogens is 217 g/mol. The van der Waals surface area contributed by atoms with Gasteiger partial charge >= 0.3 is 0 Å². The Morgan fingerprint density at radius 3 is 2.59 bits per heavy atom. The molecule has 0 bridgehead atoms. The van der Waals surface area contributed by atoms with E-state index >= 15 is 0 Å². The molecule has 0 radical (unpaired) electrons. The van der Waals surface area contributed by atoms with Crippen LogP contribution in [0.4, 0.5) is 4.39 Å². The van der Waals surface area contributed by atoms with Crippen molar-refractivity contribution in [3.05, 3.63) is 64.7 Å². The minimum absolute atomic E-state index is 0.296. The monoisotopic (exact) mass is 231 g/mol. The molecule has 0 spiro atoms. The standard InChI is InChI=1S/C14H14FNO/c1-9-8-11(15)6-7-12(9)14(17)13-5-3-4-10(2)16-13/h3-8,14,17H,1-2H3. The maximum absolute atomic E-state index is 13.0. The summed E-state index contributed by atoms with van der Waals surface area (Å²) in [6, 6.07) is 9.84. The summed E-state index contributed by atoms with van der Waals surface area (Å²) < 4.78 is 13.0. The molecule has 0 fully saturated rings. The molecule has 1 aromatic carbocycles. The average molecular weight is 231 g/mol. The summed E-state index contributed by atoms with van der Waals surface area (Å²) in [5.41, 5.74) is 2.84. The highest BCUT2D eigenvalue weighted by atomic mass is 19.1. The van der Waals surface area contributed by atoms with E-state index in [0.717, 1.165) is 11.3 Å². The Kier molecular flexibility index (Phi) is 3.20. The summed E-state index contributed by atoms with van der Waals surface area (Å²) in [6.45, 7) is 3.64. The lowest BCUT2D eigenvalue weighted by Gasteiger charge is -2.13. The van der Waals surface area contributed by atoms with Crippen LogP contribution in [0.1, 0.15) is 28.6 Å². The quantitative estimate of drug-likeness (QED) is 0.862. The van der Waals surface area contributed by atoms with Crippen molar-refractivity contribution in [2.75, 3.05) is 0 Å². The molecule has 2 nitrogen and oxygen atoms in total. The van der Waals surface area contributed by atoms with E-state index in [0.29, 0.717) is 11.3 Å². The minimum Gasteiger partial charge on any atom is -0.382 e. The Balaban J connectivity index is 2.40. The number of hydrogen-bond acceptors (Lipinski definition) is 2. The van der Waals surface area contributed by atoms with Gasteiger partial charge in [-0.25, -0.2) is 4.39 Å². The number of hydrogen-bond donors (Lipinski definition) is 1. The van der Waals surface area contributed by atoms with Gasteiger partial charge in [0.05, 0.1) is 5.69 Å². The number of rotatable bonds is 2. The van der Waals surface area contributed by atoms with Gasteiger partial charge in [0.2, 0.25) is 0 Å². The number of aliphatic hydroxyl groups excluding tert-OH is 1. The van der Waals surface area contributed by atoms with Crippen molar-refractivity contribution in [3.63, 3.8) is 0 Å². The molecule has 1 aromatic heterocycles. The van der Waals surface area contributed by atoms with Gasteiger partial charge in [0.1, 0.15) is 11.9 Å². The average Bonchev–Trinajstić information content (AvgIpc) is 2.28. The highest BCUT2D eigenvalue weighted by Crippen LogP contribution is 2.24. The van der Waals surface area contributed by atoms with Gasteiger partial charge in [0, 0.05) is 5.69 Å². The second-order valence-corrected chi connectivity index (χ2v) is 4.11. The van der Waals surface area contributed by atoms with Crippen LogP contribution in [0.3, 0.4) is 0 Å². The van der Waals surface area contributed by atoms with Gasteiger partial charge in [0.15, 0.2) is 0 Å². The van der Waals surface area contributed by atoms with E-state index in [9.17, 15) is 9.50 Å². The fraction of sp³-hybridized carbons (Fsp3) is 0.214. The van der Waals surface area contributed by atoms with Crippen LogP contribution in [-0.4, -0.2) is 10.1 Å². The molecule has 2 aromatic rings. The normalized spacial score (nSPS) is 12.5. The van der Waals surface area contributed by atoms with Crippen LogP contribution >= 0.6 is 0 Å². The predicted molar refractivity (Wildman–Crippen MR) is 64.2 cm³/mol. The third-order valence-corrected chi connectivity index (χ3v) is 2.72. The second-order valence-electron chi connectivity index (χ2n) is 4.11. The third-order valence-electron chi connectivity index (χ3n) is 2.72. The zero-order chi connectivity index (χ0) is 12.4. The van der Waals surface area contributed by atoms with Gasteiger partial charge in [-0.1, -0.05) is 12.1 Å². The summed E-state index contributed by atoms with van der Waals surface area (Å²) in [7, 11) is 0. The van der Waals surface area contributed by atoms with E-state index in [2.05, 4.69) is 4.98 Å². The molecular formula is C14H14FNO. The smallest absolute Gasteiger partial charge is 0.123 e. The molecule has 0 aliphatic heterocycles. The Morgan fingerprint density at radius 2 is 1.94 bits per heavy atom. The van der Waals surface area contributed by atoms with Gasteiger partial charge in [-0.15, -0.1) is 0 Å². The van der Waals surface area contributed by atoms with Crippen LogP contribution in [-0.2, 0) is 0 Å². The topological polar surface area (TPSA) is 33.1 Å². The highest BCUT2D eigenvalue weighted by molar-refractivity contribution is 5.33. The first-order valence-corrected chi connectivity index (χ1v) is 5.45. The number of pyridine rings is 1. The first-order chi connectivity index (χ1) is 8.08. The SMILES string of the molecule is Cc1cccc(C(O)c2ccc(F)cc2C)n1. The van der Waals surface area contributed by atoms with Gasteiger partial charge in [0.25, 0.3) is 0 Å². The van der Waals surface area contributed by atoms with Crippen molar-refractivity contribution in [1.82, 2.24) is 4.98 Å². The first-order valence-electron chi connectivity index (χ1n) is 5.45. The van der Waals surface area contributed by atoms with E-state index in [4.69, 9.17) is 0 Å². The molecule has 1 N–H and O–H groups in total. The zero-order valence-corrected chi connectivity index (χ0v) is 9.81. The fourth-order valence-corrected chi connectivity index (χ4v) is 1.82. The summed E-state index contributed by atoms with van der Waals surface area (Å²) in [4.78, 5) is 4.27. The summed E-state index contributed by atoms with van der Waals surface area (Å²) in [6.07, 6.45) is -0.810. The van der Waals surface area contributed by atoms with Crippen molar-refractivity contribution in [2.24, 2.45) is 0 Å². The van der Waals surface area contributed by atoms with E-state index < -0.39 is 6.10 Å². The number of benzene rings is 1. The summed E-state index contributed by atoms with van der Waals surface area (Å²) in [5, 5.41) is 10.2. The van der Waals surface area contributed by atoms with Crippen LogP contribution in [0.5, 0.6) is 0 Å². The number of nitrogens with zero attached hydrogens (tertiary/aromatic N) is 1. The maximum Gasteiger partial charge on any atom is 0.123 e. The summed E-state index contributed by atoms with van der Waals surface area (Å²) >= 11 is 0. The molecule has 88 valence electrons. The lowest BCUT2D eigenvalue weighted by Crippen LogP contribution is -2.05. The molecule has 17 heavy (non-hydrogen) atoms. The van der Waals surface area contributed by atoms with Gasteiger partial charge in [-0.2, -0.15) is 0 Å². The Labute approximate surface area is 99.8 Å². The predicted octanol–water partition coefficient (Wildman–Crippen LogP) is 2.92. The zero-order valence-electron chi connectivity index (χ0n) is 9.81. The van der Waals surface area contributed by atoms with E-state index in [-0.39, 0.29) is 5.82 Å². The Morgan fingerprint density at radius 1 is 1.18 bits per heavy atom. The molecule has 3 heteroatoms. The molecule has 1 unspecified atom stereocenters. The molecule has 0 aliphatic rings. The number of halogens is 1.